The molecule has 0 saturated heterocycles. The van der Waals surface area contributed by atoms with Gasteiger partial charge in [-0.05, 0) is 12.1 Å². The Balaban J connectivity index is 1.89. The summed E-state index contributed by atoms with van der Waals surface area (Å²) in [6, 6.07) is 5.50. The average Bonchev–Trinajstić information content (AvgIpc) is 2.43. The fourth-order valence-electron chi connectivity index (χ4n) is 1.73. The summed E-state index contributed by atoms with van der Waals surface area (Å²) in [5.41, 5.74) is 6.31. The van der Waals surface area contributed by atoms with Crippen LogP contribution in [-0.4, -0.2) is 23.2 Å². The molecule has 3 N–H and O–H groups in total. The summed E-state index contributed by atoms with van der Waals surface area (Å²) in [5.74, 6) is 2.02. The van der Waals surface area contributed by atoms with Crippen LogP contribution in [0.1, 0.15) is 0 Å². The second-order valence-electron chi connectivity index (χ2n) is 3.91. The maximum Gasteiger partial charge on any atom is 0.222 e. The van der Waals surface area contributed by atoms with Crippen LogP contribution < -0.4 is 20.5 Å². The quantitative estimate of drug-likeness (QED) is 0.876. The Hall–Kier alpha value is -2.21. The van der Waals surface area contributed by atoms with Crippen molar-refractivity contribution in [2.24, 2.45) is 0 Å². The normalized spacial score (nSPS) is 13.1. The van der Waals surface area contributed by atoms with E-state index in [2.05, 4.69) is 15.3 Å². The number of nitrogens with zero attached hydrogens (tertiary/aromatic N) is 2. The zero-order chi connectivity index (χ0) is 13.2. The molecule has 0 radical (unpaired) electrons. The molecule has 1 aliphatic rings. The first-order valence-electron chi connectivity index (χ1n) is 5.67. The molecular weight excluding hydrogens is 268 g/mol. The van der Waals surface area contributed by atoms with Crippen LogP contribution in [0.2, 0.25) is 5.02 Å². The van der Waals surface area contributed by atoms with Crippen LogP contribution in [0.4, 0.5) is 17.5 Å². The van der Waals surface area contributed by atoms with E-state index in [-0.39, 0.29) is 5.95 Å². The number of benzene rings is 1. The van der Waals surface area contributed by atoms with Crippen LogP contribution in [0.3, 0.4) is 0 Å². The summed E-state index contributed by atoms with van der Waals surface area (Å²) in [6.07, 6.45) is 1.45. The van der Waals surface area contributed by atoms with E-state index in [1.807, 2.05) is 18.2 Å². The smallest absolute Gasteiger partial charge is 0.222 e. The zero-order valence-electron chi connectivity index (χ0n) is 9.89. The minimum atomic E-state index is 0.157. The number of nitrogens with one attached hydrogen (secondary N) is 1. The van der Waals surface area contributed by atoms with E-state index in [0.29, 0.717) is 29.8 Å². The standard InChI is InChI=1S/C12H11ClN4O2/c13-8-6-15-12(14)17-11(8)16-7-1-2-9-10(5-7)19-4-3-18-9/h1-2,5-6H,3-4H2,(H3,14,15,16,17). The molecule has 7 heteroatoms. The fraction of sp³-hybridized carbons (Fsp3) is 0.167. The van der Waals surface area contributed by atoms with E-state index in [0.717, 1.165) is 11.4 Å². The number of anilines is 3. The van der Waals surface area contributed by atoms with E-state index in [1.54, 1.807) is 0 Å². The highest BCUT2D eigenvalue weighted by Gasteiger charge is 2.12. The molecule has 0 aliphatic carbocycles. The average molecular weight is 279 g/mol. The van der Waals surface area contributed by atoms with Crippen molar-refractivity contribution in [2.45, 2.75) is 0 Å². The summed E-state index contributed by atoms with van der Waals surface area (Å²) >= 11 is 5.99. The van der Waals surface area contributed by atoms with Crippen molar-refractivity contribution in [2.75, 3.05) is 24.3 Å². The summed E-state index contributed by atoms with van der Waals surface area (Å²) in [4.78, 5) is 7.83. The molecule has 0 saturated carbocycles. The van der Waals surface area contributed by atoms with E-state index in [1.165, 1.54) is 6.20 Å². The fourth-order valence-corrected chi connectivity index (χ4v) is 1.86. The molecule has 0 unspecified atom stereocenters. The van der Waals surface area contributed by atoms with Crippen molar-refractivity contribution < 1.29 is 9.47 Å². The van der Waals surface area contributed by atoms with Gasteiger partial charge in [0.05, 0.1) is 6.20 Å². The molecule has 1 aliphatic heterocycles. The van der Waals surface area contributed by atoms with Crippen molar-refractivity contribution in [3.05, 3.63) is 29.4 Å². The number of halogens is 1. The van der Waals surface area contributed by atoms with Crippen LogP contribution in [0, 0.1) is 0 Å². The Labute approximate surface area is 114 Å². The topological polar surface area (TPSA) is 82.3 Å². The molecule has 2 aromatic rings. The molecule has 3 rings (SSSR count). The van der Waals surface area contributed by atoms with Crippen LogP contribution in [-0.2, 0) is 0 Å². The molecule has 1 aromatic heterocycles. The number of ether oxygens (including phenoxy) is 2. The third-order valence-electron chi connectivity index (χ3n) is 2.57. The predicted molar refractivity (Wildman–Crippen MR) is 72.2 cm³/mol. The molecule has 19 heavy (non-hydrogen) atoms. The Morgan fingerprint density at radius 3 is 2.84 bits per heavy atom. The van der Waals surface area contributed by atoms with Crippen LogP contribution in [0.25, 0.3) is 0 Å². The second-order valence-corrected chi connectivity index (χ2v) is 4.32. The summed E-state index contributed by atoms with van der Waals surface area (Å²) in [5, 5.41) is 3.46. The van der Waals surface area contributed by atoms with Crippen LogP contribution in [0.15, 0.2) is 24.4 Å². The van der Waals surface area contributed by atoms with E-state index in [4.69, 9.17) is 26.8 Å². The monoisotopic (exact) mass is 278 g/mol. The minimum absolute atomic E-state index is 0.157. The van der Waals surface area contributed by atoms with Gasteiger partial charge in [-0.15, -0.1) is 0 Å². The molecule has 0 atom stereocenters. The number of hydrogen-bond donors (Lipinski definition) is 2. The Kier molecular flexibility index (Phi) is 3.00. The molecule has 1 aromatic carbocycles. The lowest BCUT2D eigenvalue weighted by atomic mass is 10.2. The SMILES string of the molecule is Nc1ncc(Cl)c(Nc2ccc3c(c2)OCCO3)n1. The summed E-state index contributed by atoms with van der Waals surface area (Å²) in [6.45, 7) is 1.10. The van der Waals surface area contributed by atoms with E-state index >= 15 is 0 Å². The highest BCUT2D eigenvalue weighted by Crippen LogP contribution is 2.34. The molecule has 0 fully saturated rings. The van der Waals surface area contributed by atoms with Crippen molar-refractivity contribution in [3.8, 4) is 11.5 Å². The minimum Gasteiger partial charge on any atom is -0.486 e. The third-order valence-corrected chi connectivity index (χ3v) is 2.84. The number of fused-ring (bicyclic) bond motifs is 1. The van der Waals surface area contributed by atoms with Gasteiger partial charge in [0.15, 0.2) is 17.3 Å². The summed E-state index contributed by atoms with van der Waals surface area (Å²) < 4.78 is 10.9. The van der Waals surface area contributed by atoms with Gasteiger partial charge in [0.25, 0.3) is 0 Å². The lowest BCUT2D eigenvalue weighted by Crippen LogP contribution is -2.15. The number of nitrogen functional groups attached to an aromatic ring is 1. The van der Waals surface area contributed by atoms with Gasteiger partial charge in [0, 0.05) is 11.8 Å². The van der Waals surface area contributed by atoms with Gasteiger partial charge in [-0.1, -0.05) is 11.6 Å². The largest absolute Gasteiger partial charge is 0.486 e. The number of nitrogens with two attached hydrogens (primary N) is 1. The Morgan fingerprint density at radius 1 is 1.21 bits per heavy atom. The van der Waals surface area contributed by atoms with Gasteiger partial charge >= 0.3 is 0 Å². The molecule has 98 valence electrons. The van der Waals surface area contributed by atoms with Gasteiger partial charge < -0.3 is 20.5 Å². The Morgan fingerprint density at radius 2 is 2.00 bits per heavy atom. The summed E-state index contributed by atoms with van der Waals surface area (Å²) in [7, 11) is 0. The van der Waals surface area contributed by atoms with Gasteiger partial charge in [0.2, 0.25) is 5.95 Å². The zero-order valence-corrected chi connectivity index (χ0v) is 10.6. The maximum absolute atomic E-state index is 5.99. The first-order valence-corrected chi connectivity index (χ1v) is 6.05. The first-order chi connectivity index (χ1) is 9.22. The van der Waals surface area contributed by atoms with Crippen molar-refractivity contribution in [1.29, 1.82) is 0 Å². The van der Waals surface area contributed by atoms with Gasteiger partial charge in [-0.25, -0.2) is 4.98 Å². The van der Waals surface area contributed by atoms with Gasteiger partial charge in [-0.3, -0.25) is 0 Å². The van der Waals surface area contributed by atoms with E-state index in [9.17, 15) is 0 Å². The number of rotatable bonds is 2. The highest BCUT2D eigenvalue weighted by atomic mass is 35.5. The predicted octanol–water partition coefficient (Wildman–Crippen LogP) is 2.23. The molecule has 0 bridgehead atoms. The van der Waals surface area contributed by atoms with Gasteiger partial charge in [-0.2, -0.15) is 4.98 Å². The molecule has 2 heterocycles. The maximum atomic E-state index is 5.99. The first kappa shape index (κ1) is 11.9. The van der Waals surface area contributed by atoms with Crippen molar-refractivity contribution in [1.82, 2.24) is 9.97 Å². The lowest BCUT2D eigenvalue weighted by Gasteiger charge is -2.19. The number of hydrogen-bond acceptors (Lipinski definition) is 6. The molecule has 0 spiro atoms. The molecular formula is C12H11ClN4O2. The van der Waals surface area contributed by atoms with E-state index < -0.39 is 0 Å². The van der Waals surface area contributed by atoms with Crippen molar-refractivity contribution >= 4 is 29.1 Å². The van der Waals surface area contributed by atoms with Crippen LogP contribution in [0.5, 0.6) is 11.5 Å². The van der Waals surface area contributed by atoms with Gasteiger partial charge in [0.1, 0.15) is 18.2 Å². The third kappa shape index (κ3) is 2.48. The highest BCUT2D eigenvalue weighted by molar-refractivity contribution is 6.32. The van der Waals surface area contributed by atoms with Crippen molar-refractivity contribution in [3.63, 3.8) is 0 Å². The number of aromatic nitrogens is 2. The second kappa shape index (κ2) is 4.81. The Bertz CT molecular complexity index is 621. The lowest BCUT2D eigenvalue weighted by molar-refractivity contribution is 0.171. The molecule has 6 nitrogen and oxygen atoms in total. The molecule has 0 amide bonds. The van der Waals surface area contributed by atoms with Crippen LogP contribution >= 0.6 is 11.6 Å².